The van der Waals surface area contributed by atoms with Crippen molar-refractivity contribution in [1.82, 2.24) is 0 Å². The normalized spacial score (nSPS) is 15.9. The molecule has 1 fully saturated rings. The van der Waals surface area contributed by atoms with Crippen molar-refractivity contribution in [1.29, 1.82) is 0 Å². The lowest BCUT2D eigenvalue weighted by atomic mass is 10.1. The first-order valence-corrected chi connectivity index (χ1v) is 10.3. The first-order chi connectivity index (χ1) is 15.7. The second-order valence-corrected chi connectivity index (χ2v) is 7.45. The molecule has 0 aliphatic carbocycles. The van der Waals surface area contributed by atoms with E-state index in [0.29, 0.717) is 18.0 Å². The standard InChI is InChI=1S/C23H23F3N2O5/c1-2-11-32-17-9-7-16(8-10-17)28-13-15(12-21(28)30)22(31)33-14-20(29)27-19-6-4-3-5-18(19)23(24,25)26/h3-10,15H,2,11-14H2,1H3,(H,27,29)/t15-/m0/s1. The molecule has 1 aliphatic heterocycles. The van der Waals surface area contributed by atoms with E-state index in [1.54, 1.807) is 24.3 Å². The van der Waals surface area contributed by atoms with Crippen molar-refractivity contribution in [2.45, 2.75) is 25.9 Å². The lowest BCUT2D eigenvalue weighted by Crippen LogP contribution is -2.28. The van der Waals surface area contributed by atoms with Gasteiger partial charge in [0, 0.05) is 18.7 Å². The number of rotatable bonds is 8. The summed E-state index contributed by atoms with van der Waals surface area (Å²) in [6.07, 6.45) is -3.87. The minimum absolute atomic E-state index is 0.0748. The Morgan fingerprint density at radius 1 is 1.12 bits per heavy atom. The predicted octanol–water partition coefficient (Wildman–Crippen LogP) is 4.03. The summed E-state index contributed by atoms with van der Waals surface area (Å²) in [6, 6.07) is 11.4. The number of esters is 1. The molecule has 2 aromatic carbocycles. The van der Waals surface area contributed by atoms with E-state index in [1.165, 1.54) is 17.0 Å². The Morgan fingerprint density at radius 2 is 1.82 bits per heavy atom. The van der Waals surface area contributed by atoms with Crippen LogP contribution in [0.4, 0.5) is 24.5 Å². The maximum absolute atomic E-state index is 13.0. The van der Waals surface area contributed by atoms with Gasteiger partial charge in [-0.2, -0.15) is 13.2 Å². The molecule has 0 aromatic heterocycles. The van der Waals surface area contributed by atoms with E-state index in [1.807, 2.05) is 6.92 Å². The van der Waals surface area contributed by atoms with Gasteiger partial charge in [-0.05, 0) is 42.8 Å². The summed E-state index contributed by atoms with van der Waals surface area (Å²) in [5.41, 5.74) is -0.840. The Hall–Kier alpha value is -3.56. The zero-order chi connectivity index (χ0) is 24.0. The fraction of sp³-hybridized carbons (Fsp3) is 0.348. The van der Waals surface area contributed by atoms with Gasteiger partial charge < -0.3 is 19.7 Å². The quantitative estimate of drug-likeness (QED) is 0.597. The van der Waals surface area contributed by atoms with E-state index in [9.17, 15) is 27.6 Å². The molecule has 3 rings (SSSR count). The van der Waals surface area contributed by atoms with Crippen LogP contribution in [-0.2, 0) is 25.3 Å². The number of anilines is 2. The molecule has 1 heterocycles. The molecule has 1 saturated heterocycles. The molecule has 10 heteroatoms. The molecule has 176 valence electrons. The van der Waals surface area contributed by atoms with Crippen molar-refractivity contribution in [2.24, 2.45) is 5.92 Å². The van der Waals surface area contributed by atoms with Crippen molar-refractivity contribution >= 4 is 29.2 Å². The van der Waals surface area contributed by atoms with Gasteiger partial charge in [0.15, 0.2) is 6.61 Å². The summed E-state index contributed by atoms with van der Waals surface area (Å²) in [5, 5.41) is 2.10. The summed E-state index contributed by atoms with van der Waals surface area (Å²) in [7, 11) is 0. The van der Waals surface area contributed by atoms with Crippen LogP contribution in [0.5, 0.6) is 5.75 Å². The van der Waals surface area contributed by atoms with Gasteiger partial charge in [0.25, 0.3) is 5.91 Å². The predicted molar refractivity (Wildman–Crippen MR) is 114 cm³/mol. The molecule has 2 aromatic rings. The molecular formula is C23H23F3N2O5. The van der Waals surface area contributed by atoms with Crippen molar-refractivity contribution in [2.75, 3.05) is 30.0 Å². The average molecular weight is 464 g/mol. The molecule has 0 spiro atoms. The van der Waals surface area contributed by atoms with Crippen LogP contribution in [0.3, 0.4) is 0 Å². The number of halogens is 3. The van der Waals surface area contributed by atoms with E-state index in [2.05, 4.69) is 5.32 Å². The highest BCUT2D eigenvalue weighted by atomic mass is 19.4. The number of nitrogens with zero attached hydrogens (tertiary/aromatic N) is 1. The highest BCUT2D eigenvalue weighted by molar-refractivity contribution is 6.00. The highest BCUT2D eigenvalue weighted by Crippen LogP contribution is 2.34. The van der Waals surface area contributed by atoms with Crippen LogP contribution in [0, 0.1) is 5.92 Å². The highest BCUT2D eigenvalue weighted by Gasteiger charge is 2.37. The first kappa shape index (κ1) is 24.1. The molecule has 0 radical (unpaired) electrons. The fourth-order valence-electron chi connectivity index (χ4n) is 3.34. The van der Waals surface area contributed by atoms with Gasteiger partial charge in [-0.25, -0.2) is 0 Å². The minimum Gasteiger partial charge on any atom is -0.494 e. The number of ether oxygens (including phenoxy) is 2. The van der Waals surface area contributed by atoms with Crippen LogP contribution >= 0.6 is 0 Å². The maximum atomic E-state index is 13.0. The fourth-order valence-corrected chi connectivity index (χ4v) is 3.34. The van der Waals surface area contributed by atoms with Gasteiger partial charge in [0.2, 0.25) is 5.91 Å². The van der Waals surface area contributed by atoms with Crippen LogP contribution in [0.25, 0.3) is 0 Å². The van der Waals surface area contributed by atoms with Crippen molar-refractivity contribution < 1.29 is 37.0 Å². The lowest BCUT2D eigenvalue weighted by Gasteiger charge is -2.17. The number of nitrogens with one attached hydrogen (secondary N) is 1. The number of carbonyl (C=O) groups excluding carboxylic acids is 3. The summed E-state index contributed by atoms with van der Waals surface area (Å²) in [4.78, 5) is 38.2. The number of benzene rings is 2. The van der Waals surface area contributed by atoms with Crippen LogP contribution < -0.4 is 15.0 Å². The molecule has 2 amide bonds. The Balaban J connectivity index is 1.53. The van der Waals surface area contributed by atoms with E-state index in [-0.39, 0.29) is 18.9 Å². The Labute approximate surface area is 188 Å². The summed E-state index contributed by atoms with van der Waals surface area (Å²) in [5.74, 6) is -2.08. The zero-order valence-corrected chi connectivity index (χ0v) is 17.9. The Bertz CT molecular complexity index is 1010. The molecule has 1 aliphatic rings. The third-order valence-corrected chi connectivity index (χ3v) is 4.93. The number of amides is 2. The van der Waals surface area contributed by atoms with Crippen LogP contribution in [0.15, 0.2) is 48.5 Å². The van der Waals surface area contributed by atoms with Crippen molar-refractivity contribution in [3.05, 3.63) is 54.1 Å². The molecule has 0 bridgehead atoms. The number of hydrogen-bond acceptors (Lipinski definition) is 5. The van der Waals surface area contributed by atoms with Crippen LogP contribution in [-0.4, -0.2) is 37.5 Å². The SMILES string of the molecule is CCCOc1ccc(N2C[C@@H](C(=O)OCC(=O)Nc3ccccc3C(F)(F)F)CC2=O)cc1. The third-order valence-electron chi connectivity index (χ3n) is 4.93. The molecule has 33 heavy (non-hydrogen) atoms. The number of para-hydroxylation sites is 1. The number of alkyl halides is 3. The van der Waals surface area contributed by atoms with Gasteiger partial charge >= 0.3 is 12.1 Å². The van der Waals surface area contributed by atoms with Crippen molar-refractivity contribution in [3.63, 3.8) is 0 Å². The largest absolute Gasteiger partial charge is 0.494 e. The maximum Gasteiger partial charge on any atom is 0.418 e. The molecule has 0 unspecified atom stereocenters. The van der Waals surface area contributed by atoms with Crippen LogP contribution in [0.2, 0.25) is 0 Å². The number of carbonyl (C=O) groups is 3. The van der Waals surface area contributed by atoms with Gasteiger partial charge in [-0.1, -0.05) is 19.1 Å². The van der Waals surface area contributed by atoms with Gasteiger partial charge in [0.05, 0.1) is 23.8 Å². The van der Waals surface area contributed by atoms with E-state index in [4.69, 9.17) is 9.47 Å². The molecule has 0 saturated carbocycles. The third kappa shape index (κ3) is 6.24. The summed E-state index contributed by atoms with van der Waals surface area (Å²) in [6.45, 7) is 1.87. The van der Waals surface area contributed by atoms with E-state index < -0.39 is 41.8 Å². The van der Waals surface area contributed by atoms with Crippen LogP contribution in [0.1, 0.15) is 25.3 Å². The second kappa shape index (κ2) is 10.4. The number of hydrogen-bond donors (Lipinski definition) is 1. The average Bonchev–Trinajstić information content (AvgIpc) is 3.17. The van der Waals surface area contributed by atoms with E-state index >= 15 is 0 Å². The van der Waals surface area contributed by atoms with Gasteiger partial charge in [-0.3, -0.25) is 14.4 Å². The molecule has 7 nitrogen and oxygen atoms in total. The lowest BCUT2D eigenvalue weighted by molar-refractivity contribution is -0.151. The van der Waals surface area contributed by atoms with Gasteiger partial charge in [-0.15, -0.1) is 0 Å². The monoisotopic (exact) mass is 464 g/mol. The molecule has 1 N–H and O–H groups in total. The zero-order valence-electron chi connectivity index (χ0n) is 17.9. The van der Waals surface area contributed by atoms with Gasteiger partial charge in [0.1, 0.15) is 5.75 Å². The smallest absolute Gasteiger partial charge is 0.418 e. The Kier molecular flexibility index (Phi) is 7.57. The second-order valence-electron chi connectivity index (χ2n) is 7.45. The first-order valence-electron chi connectivity index (χ1n) is 10.3. The van der Waals surface area contributed by atoms with Crippen molar-refractivity contribution in [3.8, 4) is 5.75 Å². The van der Waals surface area contributed by atoms with E-state index in [0.717, 1.165) is 18.6 Å². The summed E-state index contributed by atoms with van der Waals surface area (Å²) < 4.78 is 49.5. The molecular weight excluding hydrogens is 441 g/mol. The topological polar surface area (TPSA) is 84.9 Å². The molecule has 1 atom stereocenters. The minimum atomic E-state index is -4.64. The Morgan fingerprint density at radius 3 is 2.48 bits per heavy atom. The summed E-state index contributed by atoms with van der Waals surface area (Å²) >= 11 is 0.